The van der Waals surface area contributed by atoms with E-state index in [0.717, 1.165) is 109 Å². The molecule has 0 radical (unpaired) electrons. The van der Waals surface area contributed by atoms with Gasteiger partial charge >= 0.3 is 17.9 Å². The fourth-order valence-corrected chi connectivity index (χ4v) is 8.48. The second kappa shape index (κ2) is 59.1. The fourth-order valence-electron chi connectivity index (χ4n) is 8.48. The largest absolute Gasteiger partial charge is 0.477 e. The van der Waals surface area contributed by atoms with Crippen LogP contribution < -0.4 is 0 Å². The van der Waals surface area contributed by atoms with Gasteiger partial charge in [0.25, 0.3) is 6.29 Å². The van der Waals surface area contributed by atoms with Gasteiger partial charge in [-0.25, -0.2) is 4.79 Å². The van der Waals surface area contributed by atoms with Crippen LogP contribution in [0.15, 0.2) is 109 Å². The van der Waals surface area contributed by atoms with Gasteiger partial charge in [-0.15, -0.1) is 0 Å². The number of nitrogens with zero attached hydrogens (tertiary/aromatic N) is 1. The third kappa shape index (κ3) is 59.6. The molecule has 0 rings (SSSR count). The SMILES string of the molecule is CC/C=C\C/C=C\C/C=C\C/C=C\C/C=C\C/C=C\C/C=C\C/C=C\C/C=C\CCCCCCCC(=O)OC(COC(=O)CCCCCCCCCCCCCCCCCCCCCC)COC(OCC[N+](C)(C)C)C(=O)O. The molecule has 0 aliphatic rings. The molecule has 0 aromatic carbocycles. The number of carbonyl (C=O) groups is 3. The summed E-state index contributed by atoms with van der Waals surface area (Å²) < 4.78 is 22.9. The van der Waals surface area contributed by atoms with E-state index in [2.05, 4.69) is 123 Å². The van der Waals surface area contributed by atoms with Gasteiger partial charge in [0.15, 0.2) is 6.10 Å². The molecule has 2 atom stereocenters. The molecule has 0 saturated carbocycles. The van der Waals surface area contributed by atoms with Crippen molar-refractivity contribution in [2.45, 2.75) is 264 Å². The number of carbonyl (C=O) groups excluding carboxylic acids is 2. The standard InChI is InChI=1S/C69H117NO8/c1-6-8-10-12-14-16-18-20-22-24-26-28-29-30-31-32-33-34-35-36-37-38-39-40-42-44-46-48-50-52-54-56-58-60-67(72)78-65(64-77-69(68(73)74)75-62-61-70(3,4)5)63-76-66(71)59-57-55-53-51-49-47-45-43-41-27-25-23-21-19-17-15-13-11-9-7-2/h8,10,14,16,20,22,26,28,30-31,33-34,36-37,39-40,44,46,65,69H,6-7,9,11-13,15,17-19,21,23-25,27,29,32,35,38,41-43,45,47-64H2,1-5H3/p+1/b10-8-,16-14-,22-20-,28-26-,31-30-,34-33-,37-36-,40-39-,46-44-. The van der Waals surface area contributed by atoms with E-state index in [1.54, 1.807) is 0 Å². The van der Waals surface area contributed by atoms with Crippen molar-refractivity contribution in [3.63, 3.8) is 0 Å². The molecule has 0 bridgehead atoms. The van der Waals surface area contributed by atoms with Crippen molar-refractivity contribution >= 4 is 17.9 Å². The van der Waals surface area contributed by atoms with Gasteiger partial charge in [0.2, 0.25) is 0 Å². The average molecular weight is 1090 g/mol. The third-order valence-electron chi connectivity index (χ3n) is 13.3. The zero-order valence-corrected chi connectivity index (χ0v) is 50.8. The highest BCUT2D eigenvalue weighted by Gasteiger charge is 2.25. The van der Waals surface area contributed by atoms with Crippen molar-refractivity contribution in [1.82, 2.24) is 0 Å². The topological polar surface area (TPSA) is 108 Å². The quantitative estimate of drug-likeness (QED) is 0.0211. The molecule has 9 heteroatoms. The zero-order valence-electron chi connectivity index (χ0n) is 50.8. The molecule has 0 aliphatic heterocycles. The van der Waals surface area contributed by atoms with Gasteiger partial charge in [0.1, 0.15) is 13.2 Å². The Balaban J connectivity index is 4.27. The van der Waals surface area contributed by atoms with Crippen LogP contribution in [-0.2, 0) is 33.3 Å². The maximum atomic E-state index is 12.9. The van der Waals surface area contributed by atoms with Gasteiger partial charge in [-0.2, -0.15) is 0 Å². The molecule has 9 nitrogen and oxygen atoms in total. The minimum atomic E-state index is -1.52. The van der Waals surface area contributed by atoms with E-state index in [1.165, 1.54) is 109 Å². The van der Waals surface area contributed by atoms with Gasteiger partial charge < -0.3 is 28.5 Å². The Morgan fingerprint density at radius 1 is 0.397 bits per heavy atom. The number of carboxylic acid groups (broad SMARTS) is 1. The van der Waals surface area contributed by atoms with Gasteiger partial charge in [-0.1, -0.05) is 264 Å². The summed E-state index contributed by atoms with van der Waals surface area (Å²) in [5.74, 6) is -2.03. The van der Waals surface area contributed by atoms with E-state index >= 15 is 0 Å². The number of carboxylic acids is 1. The van der Waals surface area contributed by atoms with Crippen LogP contribution in [0, 0.1) is 0 Å². The summed E-state index contributed by atoms with van der Waals surface area (Å²) in [6, 6.07) is 0. The summed E-state index contributed by atoms with van der Waals surface area (Å²) >= 11 is 0. The first-order chi connectivity index (χ1) is 38.1. The molecular weight excluding hydrogens is 971 g/mol. The lowest BCUT2D eigenvalue weighted by Crippen LogP contribution is -2.40. The predicted molar refractivity (Wildman–Crippen MR) is 332 cm³/mol. The number of esters is 2. The smallest absolute Gasteiger partial charge is 0.361 e. The molecule has 446 valence electrons. The molecule has 78 heavy (non-hydrogen) atoms. The van der Waals surface area contributed by atoms with Crippen molar-refractivity contribution in [3.8, 4) is 0 Å². The van der Waals surface area contributed by atoms with Crippen molar-refractivity contribution in [2.75, 3.05) is 47.5 Å². The van der Waals surface area contributed by atoms with E-state index in [9.17, 15) is 19.5 Å². The van der Waals surface area contributed by atoms with E-state index in [-0.39, 0.29) is 32.2 Å². The summed E-state index contributed by atoms with van der Waals surface area (Å²) in [5, 5.41) is 9.72. The second-order valence-electron chi connectivity index (χ2n) is 22.0. The number of allylic oxidation sites excluding steroid dienone is 18. The Labute approximate surface area is 479 Å². The van der Waals surface area contributed by atoms with Crippen LogP contribution in [0.3, 0.4) is 0 Å². The molecule has 2 unspecified atom stereocenters. The average Bonchev–Trinajstić information content (AvgIpc) is 3.41. The van der Waals surface area contributed by atoms with Crippen LogP contribution in [0.4, 0.5) is 0 Å². The lowest BCUT2D eigenvalue weighted by atomic mass is 10.0. The third-order valence-corrected chi connectivity index (χ3v) is 13.3. The van der Waals surface area contributed by atoms with E-state index in [0.29, 0.717) is 23.9 Å². The minimum absolute atomic E-state index is 0.179. The maximum absolute atomic E-state index is 12.9. The highest BCUT2D eigenvalue weighted by atomic mass is 16.7. The van der Waals surface area contributed by atoms with Gasteiger partial charge in [0.05, 0.1) is 34.4 Å². The van der Waals surface area contributed by atoms with Crippen molar-refractivity contribution < 1.29 is 42.9 Å². The summed E-state index contributed by atoms with van der Waals surface area (Å²) in [7, 11) is 5.96. The lowest BCUT2D eigenvalue weighted by Gasteiger charge is -2.25. The molecule has 1 N–H and O–H groups in total. The monoisotopic (exact) mass is 1090 g/mol. The number of rotatable bonds is 57. The molecule has 0 aromatic rings. The minimum Gasteiger partial charge on any atom is -0.477 e. The number of aliphatic carboxylic acids is 1. The molecule has 0 fully saturated rings. The first-order valence-corrected chi connectivity index (χ1v) is 31.6. The van der Waals surface area contributed by atoms with Gasteiger partial charge in [-0.3, -0.25) is 9.59 Å². The predicted octanol–water partition coefficient (Wildman–Crippen LogP) is 19.1. The molecule has 0 saturated heterocycles. The van der Waals surface area contributed by atoms with Crippen LogP contribution in [0.25, 0.3) is 0 Å². The summed E-state index contributed by atoms with van der Waals surface area (Å²) in [6.07, 6.45) is 78.9. The fraction of sp³-hybridized carbons (Fsp3) is 0.696. The Kier molecular flexibility index (Phi) is 56.0. The Morgan fingerprint density at radius 2 is 0.731 bits per heavy atom. The number of unbranched alkanes of at least 4 members (excludes halogenated alkanes) is 24. The van der Waals surface area contributed by atoms with Crippen molar-refractivity contribution in [3.05, 3.63) is 109 Å². The van der Waals surface area contributed by atoms with E-state index in [4.69, 9.17) is 18.9 Å². The zero-order chi connectivity index (χ0) is 56.9. The number of ether oxygens (including phenoxy) is 4. The first-order valence-electron chi connectivity index (χ1n) is 31.6. The van der Waals surface area contributed by atoms with Crippen LogP contribution in [0.1, 0.15) is 251 Å². The number of quaternary nitrogens is 1. The number of hydrogen-bond acceptors (Lipinski definition) is 7. The molecule has 0 aliphatic carbocycles. The van der Waals surface area contributed by atoms with E-state index in [1.807, 2.05) is 21.1 Å². The molecule has 0 amide bonds. The summed E-state index contributed by atoms with van der Waals surface area (Å²) in [6.45, 7) is 4.75. The number of hydrogen-bond donors (Lipinski definition) is 1. The second-order valence-corrected chi connectivity index (χ2v) is 22.0. The number of likely N-dealkylation sites (N-methyl/N-ethyl adjacent to an activating group) is 1. The Bertz CT molecular complexity index is 1640. The normalized spacial score (nSPS) is 13.5. The van der Waals surface area contributed by atoms with Crippen molar-refractivity contribution in [1.29, 1.82) is 0 Å². The molecular formula is C69H118NO8+. The van der Waals surface area contributed by atoms with Gasteiger partial charge in [-0.05, 0) is 83.5 Å². The van der Waals surface area contributed by atoms with E-state index < -0.39 is 24.3 Å². The lowest BCUT2D eigenvalue weighted by molar-refractivity contribution is -0.870. The van der Waals surface area contributed by atoms with Crippen LogP contribution >= 0.6 is 0 Å². The molecule has 0 aromatic heterocycles. The Morgan fingerprint density at radius 3 is 1.09 bits per heavy atom. The van der Waals surface area contributed by atoms with Crippen molar-refractivity contribution in [2.24, 2.45) is 0 Å². The summed E-state index contributed by atoms with van der Waals surface area (Å²) in [4.78, 5) is 37.5. The Hall–Kier alpha value is -4.05. The highest BCUT2D eigenvalue weighted by Crippen LogP contribution is 2.16. The molecule has 0 spiro atoms. The van der Waals surface area contributed by atoms with Crippen LogP contribution in [0.5, 0.6) is 0 Å². The first kappa shape index (κ1) is 74.0. The maximum Gasteiger partial charge on any atom is 0.361 e. The molecule has 0 heterocycles. The van der Waals surface area contributed by atoms with Gasteiger partial charge in [0, 0.05) is 12.8 Å². The van der Waals surface area contributed by atoms with Crippen LogP contribution in [0.2, 0.25) is 0 Å². The van der Waals surface area contributed by atoms with Crippen LogP contribution in [-0.4, -0.2) is 87.4 Å². The summed E-state index contributed by atoms with van der Waals surface area (Å²) in [5.41, 5.74) is 0. The highest BCUT2D eigenvalue weighted by molar-refractivity contribution is 5.71.